The number of rotatable bonds is 5. The zero-order valence-corrected chi connectivity index (χ0v) is 10.3. The highest BCUT2D eigenvalue weighted by molar-refractivity contribution is 7.88. The first-order chi connectivity index (χ1) is 7.39. The van der Waals surface area contributed by atoms with Crippen molar-refractivity contribution >= 4 is 26.9 Å². The summed E-state index contributed by atoms with van der Waals surface area (Å²) in [6, 6.07) is 9.02. The van der Waals surface area contributed by atoms with Crippen molar-refractivity contribution in [3.63, 3.8) is 0 Å². The van der Waals surface area contributed by atoms with Gasteiger partial charge in [0.05, 0.1) is 12.8 Å². The van der Waals surface area contributed by atoms with Gasteiger partial charge in [-0.3, -0.25) is 4.79 Å². The smallest absolute Gasteiger partial charge is 0.236 e. The van der Waals surface area contributed by atoms with Crippen molar-refractivity contribution in [3.8, 4) is 0 Å². The first-order valence-electron chi connectivity index (χ1n) is 4.57. The molecule has 16 heavy (non-hydrogen) atoms. The van der Waals surface area contributed by atoms with E-state index in [1.54, 1.807) is 24.3 Å². The first-order valence-corrected chi connectivity index (χ1v) is 6.79. The minimum absolute atomic E-state index is 0.151. The number of halogens is 1. The first kappa shape index (κ1) is 13.2. The molecule has 0 fully saturated rings. The average molecular weight is 262 g/mol. The largest absolute Gasteiger partial charge is 0.280 e. The van der Waals surface area contributed by atoms with Crippen LogP contribution in [0.25, 0.3) is 0 Å². The quantitative estimate of drug-likeness (QED) is 0.749. The van der Waals surface area contributed by atoms with Crippen molar-refractivity contribution in [3.05, 3.63) is 35.9 Å². The van der Waals surface area contributed by atoms with Crippen LogP contribution in [-0.2, 0) is 21.4 Å². The normalized spacial score (nSPS) is 11.7. The van der Waals surface area contributed by atoms with Gasteiger partial charge in [0, 0.05) is 6.54 Å². The van der Waals surface area contributed by atoms with Crippen LogP contribution in [0.5, 0.6) is 0 Å². The molecule has 0 spiro atoms. The lowest BCUT2D eigenvalue weighted by atomic mass is 10.2. The number of benzene rings is 1. The Bertz CT molecular complexity index is 458. The molecule has 0 amide bonds. The standard InChI is InChI=1S/C10H12ClNO3S/c1-16(14,15)12(8-10(11)13)7-9-5-3-2-4-6-9/h2-6H,7-8H2,1H3. The fourth-order valence-corrected chi connectivity index (χ4v) is 2.17. The molecule has 6 heteroatoms. The predicted molar refractivity (Wildman–Crippen MR) is 62.6 cm³/mol. The Morgan fingerprint density at radius 3 is 2.31 bits per heavy atom. The van der Waals surface area contributed by atoms with Crippen molar-refractivity contribution in [2.45, 2.75) is 6.54 Å². The van der Waals surface area contributed by atoms with Crippen LogP contribution in [0, 0.1) is 0 Å². The third kappa shape index (κ3) is 4.30. The zero-order chi connectivity index (χ0) is 12.2. The number of carbonyl (C=O) groups is 1. The Kier molecular flexibility index (Phi) is 4.46. The van der Waals surface area contributed by atoms with Crippen molar-refractivity contribution in [1.29, 1.82) is 0 Å². The highest BCUT2D eigenvalue weighted by atomic mass is 35.5. The molecule has 0 atom stereocenters. The maximum atomic E-state index is 11.4. The summed E-state index contributed by atoms with van der Waals surface area (Å²) in [5.74, 6) is 0. The summed E-state index contributed by atoms with van der Waals surface area (Å²) in [6.45, 7) is -0.159. The summed E-state index contributed by atoms with van der Waals surface area (Å²) in [7, 11) is -3.43. The fraction of sp³-hybridized carbons (Fsp3) is 0.300. The third-order valence-corrected chi connectivity index (χ3v) is 3.29. The second-order valence-electron chi connectivity index (χ2n) is 3.37. The summed E-state index contributed by atoms with van der Waals surface area (Å²) < 4.78 is 23.8. The van der Waals surface area contributed by atoms with Gasteiger partial charge in [0.15, 0.2) is 0 Å². The van der Waals surface area contributed by atoms with Gasteiger partial charge in [-0.05, 0) is 17.2 Å². The Morgan fingerprint density at radius 2 is 1.88 bits per heavy atom. The van der Waals surface area contributed by atoms with Crippen LogP contribution in [-0.4, -0.2) is 30.8 Å². The van der Waals surface area contributed by atoms with E-state index in [1.807, 2.05) is 6.07 Å². The average Bonchev–Trinajstić information content (AvgIpc) is 2.16. The van der Waals surface area contributed by atoms with E-state index in [2.05, 4.69) is 0 Å². The molecule has 88 valence electrons. The highest BCUT2D eigenvalue weighted by Gasteiger charge is 2.19. The van der Waals surface area contributed by atoms with Gasteiger partial charge < -0.3 is 0 Å². The van der Waals surface area contributed by atoms with Crippen molar-refractivity contribution in [2.75, 3.05) is 12.8 Å². The second kappa shape index (κ2) is 5.43. The number of hydrogen-bond acceptors (Lipinski definition) is 3. The third-order valence-electron chi connectivity index (χ3n) is 1.97. The Labute approximate surface area is 99.9 Å². The number of hydrogen-bond donors (Lipinski definition) is 0. The minimum Gasteiger partial charge on any atom is -0.280 e. The van der Waals surface area contributed by atoms with E-state index in [4.69, 9.17) is 11.6 Å². The molecular weight excluding hydrogens is 250 g/mol. The van der Waals surface area contributed by atoms with E-state index in [1.165, 1.54) is 0 Å². The molecule has 0 aliphatic heterocycles. The Balaban J connectivity index is 2.84. The monoisotopic (exact) mass is 261 g/mol. The Hall–Kier alpha value is -0.910. The van der Waals surface area contributed by atoms with E-state index in [0.717, 1.165) is 16.1 Å². The van der Waals surface area contributed by atoms with E-state index in [9.17, 15) is 13.2 Å². The maximum Gasteiger partial charge on any atom is 0.236 e. The van der Waals surface area contributed by atoms with Gasteiger partial charge in [0.2, 0.25) is 15.3 Å². The van der Waals surface area contributed by atoms with Gasteiger partial charge in [-0.2, -0.15) is 4.31 Å². The number of nitrogens with zero attached hydrogens (tertiary/aromatic N) is 1. The van der Waals surface area contributed by atoms with E-state index in [0.29, 0.717) is 0 Å². The van der Waals surface area contributed by atoms with Crippen LogP contribution < -0.4 is 0 Å². The molecule has 0 aliphatic carbocycles. The van der Waals surface area contributed by atoms with E-state index >= 15 is 0 Å². The van der Waals surface area contributed by atoms with E-state index in [-0.39, 0.29) is 13.1 Å². The molecule has 0 unspecified atom stereocenters. The molecular formula is C10H12ClNO3S. The zero-order valence-electron chi connectivity index (χ0n) is 8.76. The van der Waals surface area contributed by atoms with Crippen molar-refractivity contribution in [2.24, 2.45) is 0 Å². The fourth-order valence-electron chi connectivity index (χ4n) is 1.22. The summed E-state index contributed by atoms with van der Waals surface area (Å²) >= 11 is 5.20. The topological polar surface area (TPSA) is 54.5 Å². The van der Waals surface area contributed by atoms with Gasteiger partial charge in [-0.15, -0.1) is 0 Å². The van der Waals surface area contributed by atoms with Crippen molar-refractivity contribution < 1.29 is 13.2 Å². The second-order valence-corrected chi connectivity index (χ2v) is 5.78. The van der Waals surface area contributed by atoms with Crippen LogP contribution in [0.3, 0.4) is 0 Å². The summed E-state index contributed by atoms with van der Waals surface area (Å²) in [4.78, 5) is 10.8. The Morgan fingerprint density at radius 1 is 1.31 bits per heavy atom. The van der Waals surface area contributed by atoms with Crippen LogP contribution >= 0.6 is 11.6 Å². The predicted octanol–water partition coefficient (Wildman–Crippen LogP) is 1.21. The van der Waals surface area contributed by atoms with Crippen LogP contribution in [0.2, 0.25) is 0 Å². The van der Waals surface area contributed by atoms with Crippen LogP contribution in [0.4, 0.5) is 0 Å². The lowest BCUT2D eigenvalue weighted by Crippen LogP contribution is -2.33. The number of carbonyl (C=O) groups excluding carboxylic acids is 1. The van der Waals surface area contributed by atoms with Gasteiger partial charge >= 0.3 is 0 Å². The number of sulfonamides is 1. The summed E-state index contributed by atoms with van der Waals surface area (Å²) in [5.41, 5.74) is 0.811. The van der Waals surface area contributed by atoms with Crippen molar-refractivity contribution in [1.82, 2.24) is 4.31 Å². The summed E-state index contributed by atoms with van der Waals surface area (Å²) in [5, 5.41) is -0.693. The SMILES string of the molecule is CS(=O)(=O)N(CC(=O)Cl)Cc1ccccc1. The molecule has 0 heterocycles. The molecule has 1 aromatic carbocycles. The van der Waals surface area contributed by atoms with Gasteiger partial charge in [-0.1, -0.05) is 30.3 Å². The van der Waals surface area contributed by atoms with Crippen LogP contribution in [0.1, 0.15) is 5.56 Å². The molecule has 0 saturated heterocycles. The molecule has 1 rings (SSSR count). The maximum absolute atomic E-state index is 11.4. The highest BCUT2D eigenvalue weighted by Crippen LogP contribution is 2.08. The van der Waals surface area contributed by atoms with Gasteiger partial charge in [-0.25, -0.2) is 8.42 Å². The minimum atomic E-state index is -3.43. The molecule has 0 aromatic heterocycles. The molecule has 4 nitrogen and oxygen atoms in total. The van der Waals surface area contributed by atoms with Gasteiger partial charge in [0.25, 0.3) is 0 Å². The summed E-state index contributed by atoms with van der Waals surface area (Å²) in [6.07, 6.45) is 1.05. The molecule has 0 radical (unpaired) electrons. The van der Waals surface area contributed by atoms with Gasteiger partial charge in [0.1, 0.15) is 0 Å². The molecule has 0 bridgehead atoms. The lowest BCUT2D eigenvalue weighted by Gasteiger charge is -2.17. The molecule has 0 N–H and O–H groups in total. The molecule has 0 aliphatic rings. The molecule has 1 aromatic rings. The van der Waals surface area contributed by atoms with E-state index < -0.39 is 15.3 Å². The lowest BCUT2D eigenvalue weighted by molar-refractivity contribution is -0.111. The van der Waals surface area contributed by atoms with Crippen LogP contribution in [0.15, 0.2) is 30.3 Å². The molecule has 0 saturated carbocycles.